The lowest BCUT2D eigenvalue weighted by molar-refractivity contribution is -0.274. The molecule has 166 valence electrons. The molecule has 2 heterocycles. The number of benzene rings is 2. The number of hydrogen-bond acceptors (Lipinski definition) is 4. The number of aliphatic carboxylic acids is 1. The largest absolute Gasteiger partial charge is 0.573 e. The van der Waals surface area contributed by atoms with E-state index < -0.39 is 12.3 Å². The first-order chi connectivity index (χ1) is 15.2. The molecule has 2 aromatic carbocycles. The molecule has 10 heteroatoms. The van der Waals surface area contributed by atoms with Crippen molar-refractivity contribution < 1.29 is 32.5 Å². The van der Waals surface area contributed by atoms with Gasteiger partial charge in [0.25, 0.3) is 0 Å². The maximum absolute atomic E-state index is 12.3. The molecule has 0 saturated carbocycles. The molecule has 0 radical (unpaired) electrons. The third-order valence-electron chi connectivity index (χ3n) is 4.75. The monoisotopic (exact) mass is 445 g/mol. The van der Waals surface area contributed by atoms with E-state index in [1.54, 1.807) is 40.7 Å². The van der Waals surface area contributed by atoms with Gasteiger partial charge in [0, 0.05) is 24.9 Å². The normalized spacial score (nSPS) is 11.6. The van der Waals surface area contributed by atoms with Crippen molar-refractivity contribution in [1.82, 2.24) is 14.3 Å². The molecular weight excluding hydrogens is 427 g/mol. The number of fused-ring (bicyclic) bond motifs is 1. The van der Waals surface area contributed by atoms with Crippen LogP contribution < -0.4 is 9.47 Å². The summed E-state index contributed by atoms with van der Waals surface area (Å²) in [6.45, 7) is 0.0115. The molecule has 0 atom stereocenters. The number of carboxylic acid groups (broad SMARTS) is 1. The van der Waals surface area contributed by atoms with Gasteiger partial charge in [0.15, 0.2) is 0 Å². The highest BCUT2D eigenvalue weighted by molar-refractivity contribution is 5.83. The Hall–Kier alpha value is -3.95. The van der Waals surface area contributed by atoms with Gasteiger partial charge in [0.1, 0.15) is 30.3 Å². The number of hydrogen-bond donors (Lipinski definition) is 1. The predicted octanol–water partition coefficient (Wildman–Crippen LogP) is 4.60. The molecule has 0 bridgehead atoms. The maximum atomic E-state index is 12.3. The Bertz CT molecular complexity index is 1260. The minimum absolute atomic E-state index is 0.149. The number of carbonyl (C=O) groups is 1. The Kier molecular flexibility index (Phi) is 5.52. The Labute approximate surface area is 180 Å². The number of alkyl halides is 3. The molecule has 4 rings (SSSR count). The van der Waals surface area contributed by atoms with Crippen molar-refractivity contribution in [2.75, 3.05) is 0 Å². The fraction of sp³-hybridized carbons (Fsp3) is 0.182. The summed E-state index contributed by atoms with van der Waals surface area (Å²) in [7, 11) is 1.73. The second-order valence-corrected chi connectivity index (χ2v) is 7.06. The zero-order chi connectivity index (χ0) is 22.9. The third-order valence-corrected chi connectivity index (χ3v) is 4.75. The van der Waals surface area contributed by atoms with Crippen LogP contribution in [0.4, 0.5) is 13.2 Å². The van der Waals surface area contributed by atoms with Crippen LogP contribution in [0.2, 0.25) is 0 Å². The smallest absolute Gasteiger partial charge is 0.487 e. The zero-order valence-corrected chi connectivity index (χ0v) is 16.8. The van der Waals surface area contributed by atoms with Gasteiger partial charge in [-0.2, -0.15) is 5.10 Å². The van der Waals surface area contributed by atoms with Crippen molar-refractivity contribution in [3.05, 3.63) is 66.5 Å². The van der Waals surface area contributed by atoms with E-state index in [4.69, 9.17) is 9.84 Å². The van der Waals surface area contributed by atoms with Gasteiger partial charge in [0.05, 0.1) is 11.2 Å². The number of aryl methyl sites for hydroxylation is 1. The highest BCUT2D eigenvalue weighted by Gasteiger charge is 2.31. The van der Waals surface area contributed by atoms with Crippen LogP contribution in [0.3, 0.4) is 0 Å². The average Bonchev–Trinajstić information content (AvgIpc) is 3.28. The van der Waals surface area contributed by atoms with E-state index in [1.807, 2.05) is 12.1 Å². The third kappa shape index (κ3) is 4.85. The summed E-state index contributed by atoms with van der Waals surface area (Å²) < 4.78 is 49.9. The van der Waals surface area contributed by atoms with Crippen molar-refractivity contribution >= 4 is 16.9 Å². The minimum Gasteiger partial charge on any atom is -0.487 e. The highest BCUT2D eigenvalue weighted by atomic mass is 19.4. The van der Waals surface area contributed by atoms with Crippen LogP contribution in [0, 0.1) is 0 Å². The van der Waals surface area contributed by atoms with E-state index in [2.05, 4.69) is 9.84 Å². The molecule has 0 aliphatic heterocycles. The van der Waals surface area contributed by atoms with Crippen LogP contribution >= 0.6 is 0 Å². The lowest BCUT2D eigenvalue weighted by Crippen LogP contribution is -2.16. The van der Waals surface area contributed by atoms with Gasteiger partial charge in [-0.3, -0.25) is 9.48 Å². The number of halogens is 3. The van der Waals surface area contributed by atoms with Gasteiger partial charge in [-0.25, -0.2) is 0 Å². The molecule has 0 saturated heterocycles. The molecule has 0 amide bonds. The van der Waals surface area contributed by atoms with E-state index in [0.29, 0.717) is 22.7 Å². The van der Waals surface area contributed by atoms with Crippen molar-refractivity contribution in [2.45, 2.75) is 19.5 Å². The van der Waals surface area contributed by atoms with E-state index in [0.717, 1.165) is 10.9 Å². The molecule has 0 aliphatic carbocycles. The fourth-order valence-corrected chi connectivity index (χ4v) is 3.39. The Balaban J connectivity index is 1.47. The van der Waals surface area contributed by atoms with Crippen LogP contribution in [-0.4, -0.2) is 31.8 Å². The van der Waals surface area contributed by atoms with E-state index in [-0.39, 0.29) is 18.9 Å². The van der Waals surface area contributed by atoms with Crippen LogP contribution in [0.5, 0.6) is 11.5 Å². The minimum atomic E-state index is -4.74. The van der Waals surface area contributed by atoms with E-state index in [1.165, 1.54) is 24.3 Å². The number of carboxylic acids is 1. The molecule has 0 aliphatic rings. The van der Waals surface area contributed by atoms with Crippen LogP contribution in [0.15, 0.2) is 60.8 Å². The number of ether oxygens (including phenoxy) is 2. The molecule has 0 fully saturated rings. The topological polar surface area (TPSA) is 78.5 Å². The fourth-order valence-electron chi connectivity index (χ4n) is 3.39. The summed E-state index contributed by atoms with van der Waals surface area (Å²) in [6.07, 6.45) is -3.03. The van der Waals surface area contributed by atoms with Gasteiger partial charge < -0.3 is 19.1 Å². The SMILES string of the molecule is Cn1nc(COc2ccc3ccn(CC(=O)O)c3c2)cc1-c1ccc(OC(F)(F)F)cc1. The zero-order valence-electron chi connectivity index (χ0n) is 16.8. The van der Waals surface area contributed by atoms with Crippen molar-refractivity contribution in [3.63, 3.8) is 0 Å². The van der Waals surface area contributed by atoms with Crippen LogP contribution in [0.25, 0.3) is 22.2 Å². The maximum Gasteiger partial charge on any atom is 0.573 e. The molecular formula is C22H18F3N3O4. The molecule has 0 unspecified atom stereocenters. The van der Waals surface area contributed by atoms with Crippen molar-refractivity contribution in [3.8, 4) is 22.8 Å². The van der Waals surface area contributed by atoms with Gasteiger partial charge in [-0.1, -0.05) is 0 Å². The standard InChI is InChI=1S/C22H18F3N3O4/c1-27-19(14-2-5-17(6-3-14)32-22(23,24)25)10-16(26-27)13-31-18-7-4-15-8-9-28(12-21(29)30)20(15)11-18/h2-11H,12-13H2,1H3,(H,29,30). The Morgan fingerprint density at radius 1 is 1.06 bits per heavy atom. The first-order valence-electron chi connectivity index (χ1n) is 9.50. The summed E-state index contributed by atoms with van der Waals surface area (Å²) in [5.41, 5.74) is 2.74. The number of aromatic nitrogens is 3. The number of nitrogens with zero attached hydrogens (tertiary/aromatic N) is 3. The van der Waals surface area contributed by atoms with E-state index >= 15 is 0 Å². The second-order valence-electron chi connectivity index (χ2n) is 7.06. The summed E-state index contributed by atoms with van der Waals surface area (Å²) >= 11 is 0. The summed E-state index contributed by atoms with van der Waals surface area (Å²) in [5, 5.41) is 14.3. The summed E-state index contributed by atoms with van der Waals surface area (Å²) in [6, 6.07) is 14.5. The molecule has 0 spiro atoms. The Morgan fingerprint density at radius 2 is 1.78 bits per heavy atom. The molecule has 32 heavy (non-hydrogen) atoms. The van der Waals surface area contributed by atoms with Gasteiger partial charge in [0.2, 0.25) is 0 Å². The van der Waals surface area contributed by atoms with Crippen molar-refractivity contribution in [1.29, 1.82) is 0 Å². The quantitative estimate of drug-likeness (QED) is 0.450. The molecule has 2 aromatic heterocycles. The van der Waals surface area contributed by atoms with Crippen LogP contribution in [0.1, 0.15) is 5.69 Å². The highest BCUT2D eigenvalue weighted by Crippen LogP contribution is 2.27. The van der Waals surface area contributed by atoms with E-state index in [9.17, 15) is 18.0 Å². The molecule has 7 nitrogen and oxygen atoms in total. The second kappa shape index (κ2) is 8.29. The van der Waals surface area contributed by atoms with Gasteiger partial charge >= 0.3 is 12.3 Å². The average molecular weight is 445 g/mol. The number of rotatable bonds is 7. The van der Waals surface area contributed by atoms with Crippen molar-refractivity contribution in [2.24, 2.45) is 7.05 Å². The first kappa shape index (κ1) is 21.3. The van der Waals surface area contributed by atoms with Gasteiger partial charge in [-0.15, -0.1) is 13.2 Å². The summed E-state index contributed by atoms with van der Waals surface area (Å²) in [5.74, 6) is -0.674. The van der Waals surface area contributed by atoms with Crippen LogP contribution in [-0.2, 0) is 25.0 Å². The lowest BCUT2D eigenvalue weighted by Gasteiger charge is -2.09. The first-order valence-corrected chi connectivity index (χ1v) is 9.50. The molecule has 1 N–H and O–H groups in total. The summed E-state index contributed by atoms with van der Waals surface area (Å²) in [4.78, 5) is 11.0. The molecule has 4 aromatic rings. The lowest BCUT2D eigenvalue weighted by atomic mass is 10.1. The predicted molar refractivity (Wildman–Crippen MR) is 109 cm³/mol. The van der Waals surface area contributed by atoms with Gasteiger partial charge in [-0.05, 0) is 53.9 Å². The Morgan fingerprint density at radius 3 is 2.47 bits per heavy atom.